The molecule has 3 aromatic rings. The van der Waals surface area contributed by atoms with Gasteiger partial charge in [-0.3, -0.25) is 0 Å². The quantitative estimate of drug-likeness (QED) is 0.0850. The Kier molecular flexibility index (Phi) is 14.2. The first kappa shape index (κ1) is 33.7. The minimum atomic E-state index is 0.999. The van der Waals surface area contributed by atoms with Gasteiger partial charge < -0.3 is 9.80 Å². The van der Waals surface area contributed by atoms with Crippen molar-refractivity contribution < 1.29 is 9.13 Å². The Labute approximate surface area is 274 Å². The van der Waals surface area contributed by atoms with Gasteiger partial charge in [-0.1, -0.05) is 64.1 Å². The summed E-state index contributed by atoms with van der Waals surface area (Å²) in [6.45, 7) is 15.1. The topological polar surface area (TPSA) is 14.2 Å². The van der Waals surface area contributed by atoms with Crippen molar-refractivity contribution in [2.75, 3.05) is 42.6 Å². The number of hydrogen-bond donors (Lipinski definition) is 0. The van der Waals surface area contributed by atoms with E-state index >= 15 is 0 Å². The molecule has 1 aliphatic carbocycles. The van der Waals surface area contributed by atoms with Crippen molar-refractivity contribution in [2.24, 2.45) is 0 Å². The van der Waals surface area contributed by atoms with Crippen LogP contribution in [0, 0.1) is 0 Å². The van der Waals surface area contributed by atoms with Gasteiger partial charge in [-0.2, -0.15) is 0 Å². The molecule has 0 fully saturated rings. The summed E-state index contributed by atoms with van der Waals surface area (Å²) in [5.74, 6) is 2.27. The number of pyridine rings is 2. The number of benzene rings is 1. The summed E-state index contributed by atoms with van der Waals surface area (Å²) in [6.07, 6.45) is 24.3. The second kappa shape index (κ2) is 18.6. The molecule has 0 atom stereocenters. The predicted molar refractivity (Wildman–Crippen MR) is 194 cm³/mol. The van der Waals surface area contributed by atoms with Gasteiger partial charge in [0.15, 0.2) is 24.8 Å². The third kappa shape index (κ3) is 10.7. The predicted octanol–water partition coefficient (Wildman–Crippen LogP) is 8.32. The SMILES string of the molecule is CCN(CCSSCCN(CC)c1ccc(/C=C/c2cc[n+](CC)cc2)cc1)C1=CC=C(/C=C/c2cc[n+](CC)cc2)CC1. The third-order valence-electron chi connectivity index (χ3n) is 8.08. The van der Waals surface area contributed by atoms with E-state index in [0.717, 1.165) is 63.6 Å². The first-order chi connectivity index (χ1) is 21.6. The highest BCUT2D eigenvalue weighted by Gasteiger charge is 2.12. The Hall–Kier alpha value is -3.22. The molecule has 0 saturated heterocycles. The molecule has 0 spiro atoms. The standard InChI is InChI=1S/C38H50N4S2/c1-5-39-25-21-35(22-26-39)11-9-33-13-17-37(18-14-33)41(7-3)29-31-43-44-32-30-42(8-4)38-19-15-34(16-20-38)10-12-36-23-27-40(6-2)28-24-36/h9-15,17-19,21-28H,5-8,16,20,29-32H2,1-4H3/q+2. The molecular weight excluding hydrogens is 577 g/mol. The second-order valence-electron chi connectivity index (χ2n) is 10.9. The molecule has 2 heterocycles. The van der Waals surface area contributed by atoms with Crippen LogP contribution in [0.4, 0.5) is 5.69 Å². The van der Waals surface area contributed by atoms with Gasteiger partial charge in [0.2, 0.25) is 0 Å². The molecule has 0 bridgehead atoms. The monoisotopic (exact) mass is 626 g/mol. The molecule has 44 heavy (non-hydrogen) atoms. The van der Waals surface area contributed by atoms with Gasteiger partial charge in [-0.05, 0) is 81.0 Å². The molecule has 0 saturated carbocycles. The van der Waals surface area contributed by atoms with Crippen LogP contribution in [0.25, 0.3) is 18.2 Å². The summed E-state index contributed by atoms with van der Waals surface area (Å²) in [6, 6.07) is 17.7. The zero-order valence-electron chi connectivity index (χ0n) is 27.1. The number of allylic oxidation sites excluding steroid dienone is 5. The zero-order valence-corrected chi connectivity index (χ0v) is 28.7. The lowest BCUT2D eigenvalue weighted by Gasteiger charge is -2.28. The molecule has 0 aliphatic heterocycles. The molecule has 1 aromatic carbocycles. The van der Waals surface area contributed by atoms with Crippen molar-refractivity contribution >= 4 is 45.5 Å². The maximum Gasteiger partial charge on any atom is 0.169 e. The minimum absolute atomic E-state index is 0.999. The lowest BCUT2D eigenvalue weighted by atomic mass is 10.0. The van der Waals surface area contributed by atoms with Crippen LogP contribution in [0.5, 0.6) is 0 Å². The van der Waals surface area contributed by atoms with Gasteiger partial charge in [0.05, 0.1) is 0 Å². The number of aromatic nitrogens is 2. The van der Waals surface area contributed by atoms with E-state index in [9.17, 15) is 0 Å². The van der Waals surface area contributed by atoms with Crippen molar-refractivity contribution in [1.82, 2.24) is 4.90 Å². The van der Waals surface area contributed by atoms with E-state index in [1.165, 1.54) is 33.6 Å². The molecule has 232 valence electrons. The molecule has 1 aliphatic rings. The summed E-state index contributed by atoms with van der Waals surface area (Å²) in [7, 11) is 4.01. The normalized spacial score (nSPS) is 13.4. The maximum atomic E-state index is 2.55. The van der Waals surface area contributed by atoms with Crippen LogP contribution in [0.3, 0.4) is 0 Å². The third-order valence-corrected chi connectivity index (χ3v) is 10.4. The lowest BCUT2D eigenvalue weighted by molar-refractivity contribution is -0.693. The zero-order chi connectivity index (χ0) is 31.0. The van der Waals surface area contributed by atoms with E-state index in [1.807, 2.05) is 21.6 Å². The van der Waals surface area contributed by atoms with Crippen molar-refractivity contribution in [1.29, 1.82) is 0 Å². The lowest BCUT2D eigenvalue weighted by Crippen LogP contribution is -2.30. The van der Waals surface area contributed by atoms with Gasteiger partial charge in [0.1, 0.15) is 13.1 Å². The van der Waals surface area contributed by atoms with Gasteiger partial charge in [-0.25, -0.2) is 9.13 Å². The first-order valence-corrected chi connectivity index (χ1v) is 18.7. The average molecular weight is 627 g/mol. The van der Waals surface area contributed by atoms with Gasteiger partial charge >= 0.3 is 0 Å². The Bertz CT molecular complexity index is 1390. The van der Waals surface area contributed by atoms with E-state index in [2.05, 4.69) is 156 Å². The van der Waals surface area contributed by atoms with E-state index < -0.39 is 0 Å². The Morgan fingerprint density at radius 3 is 1.57 bits per heavy atom. The van der Waals surface area contributed by atoms with Crippen molar-refractivity contribution in [3.05, 3.63) is 120 Å². The van der Waals surface area contributed by atoms with E-state index in [4.69, 9.17) is 0 Å². The second-order valence-corrected chi connectivity index (χ2v) is 13.6. The first-order valence-electron chi connectivity index (χ1n) is 16.2. The fourth-order valence-corrected chi connectivity index (χ4v) is 7.19. The number of anilines is 1. The average Bonchev–Trinajstić information content (AvgIpc) is 3.09. The fourth-order valence-electron chi connectivity index (χ4n) is 5.21. The molecule has 4 nitrogen and oxygen atoms in total. The summed E-state index contributed by atoms with van der Waals surface area (Å²) in [4.78, 5) is 5.03. The summed E-state index contributed by atoms with van der Waals surface area (Å²) < 4.78 is 4.37. The number of hydrogen-bond acceptors (Lipinski definition) is 4. The van der Waals surface area contributed by atoms with E-state index in [0.29, 0.717) is 0 Å². The smallest absolute Gasteiger partial charge is 0.169 e. The molecule has 0 amide bonds. The van der Waals surface area contributed by atoms with E-state index in [1.54, 1.807) is 0 Å². The molecule has 0 radical (unpaired) electrons. The van der Waals surface area contributed by atoms with Crippen LogP contribution in [-0.2, 0) is 13.1 Å². The number of rotatable bonds is 17. The van der Waals surface area contributed by atoms with Crippen molar-refractivity contribution in [3.63, 3.8) is 0 Å². The maximum absolute atomic E-state index is 2.55. The Morgan fingerprint density at radius 1 is 0.591 bits per heavy atom. The molecular formula is C38H50N4S2+2. The molecule has 0 unspecified atom stereocenters. The van der Waals surface area contributed by atoms with Gasteiger partial charge in [0.25, 0.3) is 0 Å². The highest BCUT2D eigenvalue weighted by Crippen LogP contribution is 2.26. The summed E-state index contributed by atoms with van der Waals surface area (Å²) >= 11 is 0. The Balaban J connectivity index is 1.16. The van der Waals surface area contributed by atoms with Crippen molar-refractivity contribution in [3.8, 4) is 0 Å². The van der Waals surface area contributed by atoms with Crippen LogP contribution in [0.2, 0.25) is 0 Å². The van der Waals surface area contributed by atoms with Crippen LogP contribution >= 0.6 is 21.6 Å². The van der Waals surface area contributed by atoms with Crippen LogP contribution in [0.1, 0.15) is 57.2 Å². The van der Waals surface area contributed by atoms with Crippen molar-refractivity contribution in [2.45, 2.75) is 53.6 Å². The molecule has 2 aromatic heterocycles. The fraction of sp³-hybridized carbons (Fsp3) is 0.368. The number of nitrogens with zero attached hydrogens (tertiary/aromatic N) is 4. The number of aryl methyl sites for hydroxylation is 2. The van der Waals surface area contributed by atoms with Gasteiger partial charge in [-0.15, -0.1) is 0 Å². The molecule has 0 N–H and O–H groups in total. The van der Waals surface area contributed by atoms with Gasteiger partial charge in [0, 0.05) is 73.3 Å². The minimum Gasteiger partial charge on any atom is -0.374 e. The highest BCUT2D eigenvalue weighted by atomic mass is 33.1. The molecule has 4 rings (SSSR count). The molecule has 6 heteroatoms. The summed E-state index contributed by atoms with van der Waals surface area (Å²) in [5.41, 5.74) is 7.90. The highest BCUT2D eigenvalue weighted by molar-refractivity contribution is 8.76. The van der Waals surface area contributed by atoms with Crippen LogP contribution in [0.15, 0.2) is 103 Å². The Morgan fingerprint density at radius 2 is 1.09 bits per heavy atom. The van der Waals surface area contributed by atoms with Crippen LogP contribution in [-0.4, -0.2) is 42.6 Å². The van der Waals surface area contributed by atoms with E-state index in [-0.39, 0.29) is 0 Å². The van der Waals surface area contributed by atoms with Crippen LogP contribution < -0.4 is 14.0 Å². The largest absolute Gasteiger partial charge is 0.374 e. The summed E-state index contributed by atoms with van der Waals surface area (Å²) in [5, 5.41) is 0.